The maximum atomic E-state index is 12.8. The minimum atomic E-state index is -0.00739. The zero-order valence-corrected chi connectivity index (χ0v) is 14.1. The summed E-state index contributed by atoms with van der Waals surface area (Å²) in [7, 11) is 0. The molecule has 1 atom stereocenters. The number of nitrogens with zero attached hydrogens (tertiary/aromatic N) is 2. The van der Waals surface area contributed by atoms with E-state index in [-0.39, 0.29) is 11.9 Å². The Hall–Kier alpha value is -1.76. The highest BCUT2D eigenvalue weighted by Crippen LogP contribution is 2.25. The molecular weight excluding hydrogens is 308 g/mol. The third-order valence-electron chi connectivity index (χ3n) is 4.22. The number of aromatic nitrogens is 1. The minimum absolute atomic E-state index is 0.00739. The molecule has 23 heavy (non-hydrogen) atoms. The van der Waals surface area contributed by atoms with Crippen molar-refractivity contribution in [1.82, 2.24) is 15.2 Å². The van der Waals surface area contributed by atoms with Crippen LogP contribution in [0.2, 0.25) is 0 Å². The van der Waals surface area contributed by atoms with Crippen LogP contribution in [0.25, 0.3) is 0 Å². The molecule has 1 aliphatic heterocycles. The van der Waals surface area contributed by atoms with Gasteiger partial charge in [-0.15, -0.1) is 11.3 Å². The van der Waals surface area contributed by atoms with Gasteiger partial charge in [0.1, 0.15) is 10.7 Å². The van der Waals surface area contributed by atoms with Gasteiger partial charge in [-0.25, -0.2) is 4.98 Å². The quantitative estimate of drug-likeness (QED) is 0.899. The summed E-state index contributed by atoms with van der Waals surface area (Å²) >= 11 is 1.44. The molecule has 1 aliphatic rings. The molecule has 1 aromatic heterocycles. The van der Waals surface area contributed by atoms with Crippen LogP contribution >= 0.6 is 11.3 Å². The molecule has 0 radical (unpaired) electrons. The molecule has 0 spiro atoms. The standard InChI is InChI=1S/C17H22N4OS/c1-2-12-3-5-13(6-4-12)15-10-19-7-8-21(15)17(22)14-11-23-16(9-18)20-14/h3-6,11,15,19H,2,7-10,18H2,1H3. The molecule has 122 valence electrons. The third kappa shape index (κ3) is 3.44. The average Bonchev–Trinajstić information content (AvgIpc) is 3.10. The van der Waals surface area contributed by atoms with Crippen molar-refractivity contribution >= 4 is 17.2 Å². The molecule has 6 heteroatoms. The molecule has 1 fully saturated rings. The van der Waals surface area contributed by atoms with Gasteiger partial charge < -0.3 is 16.0 Å². The van der Waals surface area contributed by atoms with Crippen LogP contribution in [0.1, 0.15) is 39.6 Å². The van der Waals surface area contributed by atoms with Crippen LogP contribution in [0, 0.1) is 0 Å². The third-order valence-corrected chi connectivity index (χ3v) is 5.09. The van der Waals surface area contributed by atoms with Crippen LogP contribution in [-0.4, -0.2) is 35.4 Å². The Kier molecular flexibility index (Phi) is 5.05. The summed E-state index contributed by atoms with van der Waals surface area (Å²) in [5, 5.41) is 5.99. The molecule has 0 saturated carbocycles. The molecule has 1 aromatic carbocycles. The van der Waals surface area contributed by atoms with Gasteiger partial charge >= 0.3 is 0 Å². The Morgan fingerprint density at radius 3 is 2.87 bits per heavy atom. The van der Waals surface area contributed by atoms with E-state index in [9.17, 15) is 4.79 Å². The molecule has 2 heterocycles. The van der Waals surface area contributed by atoms with Crippen molar-refractivity contribution in [3.63, 3.8) is 0 Å². The number of carbonyl (C=O) groups is 1. The van der Waals surface area contributed by atoms with E-state index in [2.05, 4.69) is 41.5 Å². The molecule has 0 aliphatic carbocycles. The lowest BCUT2D eigenvalue weighted by molar-refractivity contribution is 0.0629. The van der Waals surface area contributed by atoms with Gasteiger partial charge in [0.15, 0.2) is 0 Å². The zero-order chi connectivity index (χ0) is 16.2. The molecule has 1 amide bonds. The predicted molar refractivity (Wildman–Crippen MR) is 92.5 cm³/mol. The average molecular weight is 330 g/mol. The van der Waals surface area contributed by atoms with Crippen LogP contribution < -0.4 is 11.1 Å². The van der Waals surface area contributed by atoms with Crippen LogP contribution in [0.3, 0.4) is 0 Å². The second kappa shape index (κ2) is 7.21. The van der Waals surface area contributed by atoms with Gasteiger partial charge in [-0.1, -0.05) is 31.2 Å². The number of thiazole rings is 1. The van der Waals surface area contributed by atoms with Gasteiger partial charge in [-0.05, 0) is 17.5 Å². The van der Waals surface area contributed by atoms with Crippen LogP contribution in [-0.2, 0) is 13.0 Å². The largest absolute Gasteiger partial charge is 0.328 e. The summed E-state index contributed by atoms with van der Waals surface area (Å²) in [6.45, 7) is 4.79. The van der Waals surface area contributed by atoms with Crippen molar-refractivity contribution in [1.29, 1.82) is 0 Å². The maximum Gasteiger partial charge on any atom is 0.273 e. The predicted octanol–water partition coefficient (Wildman–Crippen LogP) is 1.95. The number of hydrogen-bond donors (Lipinski definition) is 2. The molecule has 5 nitrogen and oxygen atoms in total. The SMILES string of the molecule is CCc1ccc(C2CNCCN2C(=O)c2csc(CN)n2)cc1. The number of nitrogens with two attached hydrogens (primary N) is 1. The van der Waals surface area contributed by atoms with Crippen LogP contribution in [0.4, 0.5) is 0 Å². The van der Waals surface area contributed by atoms with Gasteiger partial charge in [-0.2, -0.15) is 0 Å². The normalized spacial score (nSPS) is 18.2. The number of amides is 1. The van der Waals surface area contributed by atoms with E-state index in [0.29, 0.717) is 18.8 Å². The zero-order valence-electron chi connectivity index (χ0n) is 13.3. The van der Waals surface area contributed by atoms with Gasteiger partial charge in [0.2, 0.25) is 0 Å². The first-order valence-corrected chi connectivity index (χ1v) is 8.86. The van der Waals surface area contributed by atoms with Crippen molar-refractivity contribution in [3.8, 4) is 0 Å². The molecule has 1 unspecified atom stereocenters. The first-order valence-electron chi connectivity index (χ1n) is 7.98. The topological polar surface area (TPSA) is 71.2 Å². The van der Waals surface area contributed by atoms with Crippen molar-refractivity contribution < 1.29 is 4.79 Å². The first kappa shape index (κ1) is 16.1. The van der Waals surface area contributed by atoms with Gasteiger partial charge in [0, 0.05) is 31.6 Å². The summed E-state index contributed by atoms with van der Waals surface area (Å²) in [6.07, 6.45) is 1.02. The van der Waals surface area contributed by atoms with Gasteiger partial charge in [-0.3, -0.25) is 4.79 Å². The number of nitrogens with one attached hydrogen (secondary N) is 1. The number of benzene rings is 1. The smallest absolute Gasteiger partial charge is 0.273 e. The minimum Gasteiger partial charge on any atom is -0.328 e. The molecule has 2 aromatic rings. The van der Waals surface area contributed by atoms with Gasteiger partial charge in [0.25, 0.3) is 5.91 Å². The summed E-state index contributed by atoms with van der Waals surface area (Å²) < 4.78 is 0. The van der Waals surface area contributed by atoms with Crippen molar-refractivity contribution in [3.05, 3.63) is 51.5 Å². The molecule has 3 N–H and O–H groups in total. The van der Waals surface area contributed by atoms with Crippen molar-refractivity contribution in [2.75, 3.05) is 19.6 Å². The number of rotatable bonds is 4. The number of piperazine rings is 1. The van der Waals surface area contributed by atoms with E-state index in [1.54, 1.807) is 0 Å². The summed E-state index contributed by atoms with van der Waals surface area (Å²) in [4.78, 5) is 19.1. The summed E-state index contributed by atoms with van der Waals surface area (Å²) in [6, 6.07) is 8.58. The molecule has 3 rings (SSSR count). The first-order chi connectivity index (χ1) is 11.2. The number of carbonyl (C=O) groups excluding carboxylic acids is 1. The number of aryl methyl sites for hydroxylation is 1. The molecule has 0 bridgehead atoms. The summed E-state index contributed by atoms with van der Waals surface area (Å²) in [5.74, 6) is -0.00739. The van der Waals surface area contributed by atoms with Crippen molar-refractivity contribution in [2.24, 2.45) is 5.73 Å². The Morgan fingerprint density at radius 2 is 2.22 bits per heavy atom. The molecular formula is C17H22N4OS. The van der Waals surface area contributed by atoms with Crippen molar-refractivity contribution in [2.45, 2.75) is 25.9 Å². The van der Waals surface area contributed by atoms with Crippen LogP contribution in [0.15, 0.2) is 29.6 Å². The van der Waals surface area contributed by atoms with Gasteiger partial charge in [0.05, 0.1) is 6.04 Å². The lowest BCUT2D eigenvalue weighted by atomic mass is 10.0. The fourth-order valence-corrected chi connectivity index (χ4v) is 3.52. The summed E-state index contributed by atoms with van der Waals surface area (Å²) in [5.41, 5.74) is 8.58. The lowest BCUT2D eigenvalue weighted by Crippen LogP contribution is -2.48. The lowest BCUT2D eigenvalue weighted by Gasteiger charge is -2.36. The molecule has 1 saturated heterocycles. The highest BCUT2D eigenvalue weighted by Gasteiger charge is 2.29. The van der Waals surface area contributed by atoms with E-state index in [1.165, 1.54) is 16.9 Å². The van der Waals surface area contributed by atoms with Crippen LogP contribution in [0.5, 0.6) is 0 Å². The van der Waals surface area contributed by atoms with E-state index < -0.39 is 0 Å². The van der Waals surface area contributed by atoms with E-state index in [4.69, 9.17) is 5.73 Å². The highest BCUT2D eigenvalue weighted by molar-refractivity contribution is 7.09. The fraction of sp³-hybridized carbons (Fsp3) is 0.412. The number of hydrogen-bond acceptors (Lipinski definition) is 5. The monoisotopic (exact) mass is 330 g/mol. The second-order valence-corrected chi connectivity index (χ2v) is 6.59. The second-order valence-electron chi connectivity index (χ2n) is 5.64. The Balaban J connectivity index is 1.83. The van der Waals surface area contributed by atoms with E-state index in [0.717, 1.165) is 30.1 Å². The Bertz CT molecular complexity index is 667. The van der Waals surface area contributed by atoms with E-state index in [1.807, 2.05) is 10.3 Å². The Morgan fingerprint density at radius 1 is 1.43 bits per heavy atom. The van der Waals surface area contributed by atoms with E-state index >= 15 is 0 Å². The maximum absolute atomic E-state index is 12.8. The Labute approximate surface area is 140 Å². The fourth-order valence-electron chi connectivity index (χ4n) is 2.87. The highest BCUT2D eigenvalue weighted by atomic mass is 32.1.